The molecule has 6 nitrogen and oxygen atoms in total. The molecule has 1 aromatic carbocycles. The van der Waals surface area contributed by atoms with Crippen LogP contribution in [0.15, 0.2) is 73.3 Å². The van der Waals surface area contributed by atoms with Gasteiger partial charge in [-0.25, -0.2) is 18.0 Å². The van der Waals surface area contributed by atoms with E-state index in [1.807, 2.05) is 19.1 Å². The fourth-order valence-corrected chi connectivity index (χ4v) is 5.22. The minimum atomic E-state index is -2.75. The Kier molecular flexibility index (Phi) is 12.5. The van der Waals surface area contributed by atoms with Gasteiger partial charge in [0.2, 0.25) is 11.8 Å². The van der Waals surface area contributed by atoms with Crippen LogP contribution in [0.3, 0.4) is 0 Å². The van der Waals surface area contributed by atoms with E-state index in [9.17, 15) is 22.8 Å². The molecule has 1 heterocycles. The van der Waals surface area contributed by atoms with Gasteiger partial charge in [-0.3, -0.25) is 9.69 Å². The van der Waals surface area contributed by atoms with Gasteiger partial charge in [-0.1, -0.05) is 58.2 Å². The molecular formula is C33H47F3N4O2. The first-order valence-corrected chi connectivity index (χ1v) is 14.6. The van der Waals surface area contributed by atoms with Gasteiger partial charge in [-0.15, -0.1) is 0 Å². The van der Waals surface area contributed by atoms with Crippen LogP contribution in [0.1, 0.15) is 78.7 Å². The predicted molar refractivity (Wildman–Crippen MR) is 165 cm³/mol. The Morgan fingerprint density at radius 3 is 2.17 bits per heavy atom. The Labute approximate surface area is 249 Å². The highest BCUT2D eigenvalue weighted by molar-refractivity contribution is 6.02. The van der Waals surface area contributed by atoms with E-state index in [0.717, 1.165) is 18.4 Å². The molecule has 3 amide bonds. The molecule has 1 saturated carbocycles. The topological polar surface area (TPSA) is 78.7 Å². The Morgan fingerprint density at radius 1 is 1.14 bits per heavy atom. The Hall–Kier alpha value is -3.49. The number of hydrogen-bond acceptors (Lipinski definition) is 3. The molecule has 0 aromatic heterocycles. The van der Waals surface area contributed by atoms with Crippen LogP contribution in [0.4, 0.5) is 23.7 Å². The summed E-state index contributed by atoms with van der Waals surface area (Å²) in [6.07, 6.45) is 6.38. The molecule has 2 unspecified atom stereocenters. The monoisotopic (exact) mass is 588 g/mol. The molecule has 1 aliphatic heterocycles. The second kappa shape index (κ2) is 15.1. The summed E-state index contributed by atoms with van der Waals surface area (Å²) in [5, 5.41) is 2.89. The lowest BCUT2D eigenvalue weighted by Crippen LogP contribution is -2.57. The van der Waals surface area contributed by atoms with Gasteiger partial charge >= 0.3 is 6.03 Å². The van der Waals surface area contributed by atoms with Crippen molar-refractivity contribution < 1.29 is 22.8 Å². The Bertz CT molecular complexity index is 1140. The fourth-order valence-electron chi connectivity index (χ4n) is 5.22. The van der Waals surface area contributed by atoms with E-state index in [-0.39, 0.29) is 48.7 Å². The molecule has 1 aliphatic carbocycles. The highest BCUT2D eigenvalue weighted by Crippen LogP contribution is 2.34. The zero-order chi connectivity index (χ0) is 31.7. The summed E-state index contributed by atoms with van der Waals surface area (Å²) in [4.78, 5) is 31.2. The van der Waals surface area contributed by atoms with E-state index < -0.39 is 29.7 Å². The smallest absolute Gasteiger partial charge is 0.325 e. The van der Waals surface area contributed by atoms with Gasteiger partial charge in [0.25, 0.3) is 0 Å². The van der Waals surface area contributed by atoms with Crippen LogP contribution < -0.4 is 16.0 Å². The molecule has 0 spiro atoms. The van der Waals surface area contributed by atoms with Crippen LogP contribution >= 0.6 is 0 Å². The summed E-state index contributed by atoms with van der Waals surface area (Å²) in [6, 6.07) is 5.32. The lowest BCUT2D eigenvalue weighted by atomic mass is 9.87. The molecule has 1 saturated heterocycles. The number of anilines is 1. The van der Waals surface area contributed by atoms with Crippen molar-refractivity contribution in [1.82, 2.24) is 10.2 Å². The van der Waals surface area contributed by atoms with E-state index >= 15 is 0 Å². The molecule has 42 heavy (non-hydrogen) atoms. The lowest BCUT2D eigenvalue weighted by Gasteiger charge is -2.37. The van der Waals surface area contributed by atoms with Gasteiger partial charge in [0.15, 0.2) is 0 Å². The number of nitrogens with zero attached hydrogens (tertiary/aromatic N) is 2. The van der Waals surface area contributed by atoms with E-state index in [2.05, 4.69) is 45.0 Å². The van der Waals surface area contributed by atoms with E-state index in [1.165, 1.54) is 36.3 Å². The summed E-state index contributed by atoms with van der Waals surface area (Å²) in [7, 11) is 0. The summed E-state index contributed by atoms with van der Waals surface area (Å²) in [5.41, 5.74) is 6.22. The average molecular weight is 589 g/mol. The van der Waals surface area contributed by atoms with Gasteiger partial charge in [0.1, 0.15) is 11.9 Å². The molecule has 2 atom stereocenters. The van der Waals surface area contributed by atoms with Crippen molar-refractivity contribution in [3.63, 3.8) is 0 Å². The van der Waals surface area contributed by atoms with Gasteiger partial charge in [0, 0.05) is 37.2 Å². The largest absolute Gasteiger partial charge is 0.405 e. The second-order valence-corrected chi connectivity index (χ2v) is 11.9. The van der Waals surface area contributed by atoms with E-state index in [0.29, 0.717) is 12.2 Å². The van der Waals surface area contributed by atoms with Gasteiger partial charge in [-0.05, 0) is 80.5 Å². The van der Waals surface area contributed by atoms with Crippen molar-refractivity contribution in [3.05, 3.63) is 78.8 Å². The minimum Gasteiger partial charge on any atom is -0.405 e. The SMILES string of the molecule is C=C/C(=C\C(F)=C/C)C(C(=O)NC1CCC(F)(F)CC1)N(C(=O)N1CCCC1C)c1ccc(C(C)(C)C)cc1.C=CN. The van der Waals surface area contributed by atoms with Gasteiger partial charge < -0.3 is 16.0 Å². The normalized spacial score (nSPS) is 20.2. The van der Waals surface area contributed by atoms with Crippen molar-refractivity contribution >= 4 is 17.6 Å². The zero-order valence-electron chi connectivity index (χ0n) is 25.6. The maximum atomic E-state index is 14.6. The number of urea groups is 1. The molecule has 3 N–H and O–H groups in total. The number of halogens is 3. The first kappa shape index (κ1) is 34.7. The number of nitrogens with one attached hydrogen (secondary N) is 1. The van der Waals surface area contributed by atoms with Gasteiger partial charge in [0.05, 0.1) is 0 Å². The molecule has 232 valence electrons. The summed E-state index contributed by atoms with van der Waals surface area (Å²) in [6.45, 7) is 17.2. The Morgan fingerprint density at radius 2 is 1.71 bits per heavy atom. The lowest BCUT2D eigenvalue weighted by molar-refractivity contribution is -0.123. The molecule has 0 radical (unpaired) electrons. The molecular weight excluding hydrogens is 541 g/mol. The van der Waals surface area contributed by atoms with Crippen LogP contribution in [-0.2, 0) is 10.2 Å². The molecule has 9 heteroatoms. The molecule has 0 bridgehead atoms. The number of allylic oxidation sites excluding steroid dienone is 3. The first-order valence-electron chi connectivity index (χ1n) is 14.6. The third kappa shape index (κ3) is 9.26. The second-order valence-electron chi connectivity index (χ2n) is 11.9. The average Bonchev–Trinajstić information content (AvgIpc) is 3.37. The first-order chi connectivity index (χ1) is 19.7. The number of carbonyl (C=O) groups excluding carboxylic acids is 2. The number of likely N-dealkylation sites (tertiary alicyclic amines) is 1. The standard InChI is InChI=1S/C31H42F3N3O2.C2H5N/c1-7-22(20-24(32)8-2)27(28(38)35-25-15-17-31(33,34)18-16-25)37(29(39)36-19-9-10-21(36)3)26-13-11-23(12-14-26)30(4,5)6;1-2-3/h7-8,11-14,20-21,25,27H,1,9-10,15-19H2,2-6H3,(H,35,38);2H,1,3H2/b22-20+,24-8+;. The van der Waals surface area contributed by atoms with Crippen molar-refractivity contribution in [1.29, 1.82) is 0 Å². The number of benzene rings is 1. The number of hydrogen-bond donors (Lipinski definition) is 2. The number of rotatable bonds is 7. The van der Waals surface area contributed by atoms with Crippen LogP contribution in [0.25, 0.3) is 0 Å². The number of carbonyl (C=O) groups is 2. The molecule has 1 aromatic rings. The summed E-state index contributed by atoms with van der Waals surface area (Å²) in [5.74, 6) is -3.88. The third-order valence-corrected chi connectivity index (χ3v) is 7.72. The van der Waals surface area contributed by atoms with Crippen molar-refractivity contribution in [2.75, 3.05) is 11.4 Å². The van der Waals surface area contributed by atoms with Gasteiger partial charge in [-0.2, -0.15) is 0 Å². The van der Waals surface area contributed by atoms with E-state index in [4.69, 9.17) is 0 Å². The number of amides is 3. The van der Waals surface area contributed by atoms with Crippen LogP contribution in [-0.4, -0.2) is 47.4 Å². The minimum absolute atomic E-state index is 0.0263. The highest BCUT2D eigenvalue weighted by atomic mass is 19.3. The van der Waals surface area contributed by atoms with Crippen molar-refractivity contribution in [2.24, 2.45) is 5.73 Å². The zero-order valence-corrected chi connectivity index (χ0v) is 25.6. The number of nitrogens with two attached hydrogens (primary N) is 1. The van der Waals surface area contributed by atoms with E-state index in [1.54, 1.807) is 17.0 Å². The fraction of sp³-hybridized carbons (Fsp3) is 0.515. The summed E-state index contributed by atoms with van der Waals surface area (Å²) < 4.78 is 42.1. The molecule has 2 fully saturated rings. The van der Waals surface area contributed by atoms with Crippen LogP contribution in [0, 0.1) is 0 Å². The maximum Gasteiger partial charge on any atom is 0.325 e. The van der Waals surface area contributed by atoms with Crippen molar-refractivity contribution in [2.45, 2.75) is 103 Å². The van der Waals surface area contributed by atoms with Crippen LogP contribution in [0.2, 0.25) is 0 Å². The summed E-state index contributed by atoms with van der Waals surface area (Å²) >= 11 is 0. The highest BCUT2D eigenvalue weighted by Gasteiger charge is 2.41. The molecule has 2 aliphatic rings. The number of alkyl halides is 2. The Balaban J connectivity index is 0.00000197. The van der Waals surface area contributed by atoms with Crippen molar-refractivity contribution in [3.8, 4) is 0 Å². The maximum absolute atomic E-state index is 14.6. The predicted octanol–water partition coefficient (Wildman–Crippen LogP) is 7.53. The van der Waals surface area contributed by atoms with Crippen LogP contribution in [0.5, 0.6) is 0 Å². The quantitative estimate of drug-likeness (QED) is 0.323. The molecule has 3 rings (SSSR count). The third-order valence-electron chi connectivity index (χ3n) is 7.72.